The third-order valence-corrected chi connectivity index (χ3v) is 7.22. The Labute approximate surface area is 188 Å². The number of carbonyl (C=O) groups is 2. The quantitative estimate of drug-likeness (QED) is 0.575. The molecule has 1 aliphatic rings. The summed E-state index contributed by atoms with van der Waals surface area (Å²) in [6.07, 6.45) is 1.74. The summed E-state index contributed by atoms with van der Waals surface area (Å²) in [4.78, 5) is 24.6. The molecule has 0 aromatic heterocycles. The number of hydrogen-bond acceptors (Lipinski definition) is 6. The molecule has 1 heterocycles. The van der Waals surface area contributed by atoms with Crippen LogP contribution in [0, 0.1) is 5.92 Å². The van der Waals surface area contributed by atoms with Gasteiger partial charge in [-0.1, -0.05) is 30.3 Å². The van der Waals surface area contributed by atoms with Gasteiger partial charge in [-0.2, -0.15) is 4.31 Å². The SMILES string of the molecule is COc1ccc(S(=O)(=O)N2CCCC(C(=O)OCC(=O)NCCc3ccccc3)C2)cc1. The molecule has 0 radical (unpaired) electrons. The third kappa shape index (κ3) is 6.30. The van der Waals surface area contributed by atoms with Crippen LogP contribution < -0.4 is 10.1 Å². The number of amides is 1. The topological polar surface area (TPSA) is 102 Å². The molecule has 2 aromatic carbocycles. The summed E-state index contributed by atoms with van der Waals surface area (Å²) in [5.74, 6) is -0.981. The number of nitrogens with one attached hydrogen (secondary N) is 1. The fourth-order valence-electron chi connectivity index (χ4n) is 3.55. The van der Waals surface area contributed by atoms with Crippen LogP contribution in [-0.2, 0) is 30.8 Å². The Morgan fingerprint density at radius 1 is 1.09 bits per heavy atom. The zero-order chi connectivity index (χ0) is 23.0. The third-order valence-electron chi connectivity index (χ3n) is 5.34. The van der Waals surface area contributed by atoms with Crippen LogP contribution in [0.3, 0.4) is 0 Å². The van der Waals surface area contributed by atoms with E-state index in [0.29, 0.717) is 38.1 Å². The highest BCUT2D eigenvalue weighted by Crippen LogP contribution is 2.25. The molecule has 1 N–H and O–H groups in total. The molecule has 0 bridgehead atoms. The number of hydrogen-bond donors (Lipinski definition) is 1. The summed E-state index contributed by atoms with van der Waals surface area (Å²) < 4.78 is 37.4. The van der Waals surface area contributed by atoms with E-state index in [1.807, 2.05) is 30.3 Å². The molecule has 1 aliphatic heterocycles. The Morgan fingerprint density at radius 3 is 2.50 bits per heavy atom. The number of carbonyl (C=O) groups excluding carboxylic acids is 2. The molecule has 1 fully saturated rings. The van der Waals surface area contributed by atoms with E-state index in [2.05, 4.69) is 5.32 Å². The highest BCUT2D eigenvalue weighted by molar-refractivity contribution is 7.89. The van der Waals surface area contributed by atoms with E-state index in [-0.39, 0.29) is 24.0 Å². The van der Waals surface area contributed by atoms with E-state index >= 15 is 0 Å². The van der Waals surface area contributed by atoms with Gasteiger partial charge in [0.05, 0.1) is 17.9 Å². The Morgan fingerprint density at radius 2 is 1.81 bits per heavy atom. The lowest BCUT2D eigenvalue weighted by atomic mass is 10.00. The minimum atomic E-state index is -3.73. The standard InChI is InChI=1S/C23H28N2O6S/c1-30-20-9-11-21(12-10-20)32(28,29)25-15-5-8-19(16-25)23(27)31-17-22(26)24-14-13-18-6-3-2-4-7-18/h2-4,6-7,9-12,19H,5,8,13-17H2,1H3,(H,24,26). The van der Waals surface area contributed by atoms with E-state index in [1.165, 1.54) is 23.5 Å². The molecular weight excluding hydrogens is 432 g/mol. The maximum atomic E-state index is 12.9. The van der Waals surface area contributed by atoms with Crippen molar-refractivity contribution in [2.24, 2.45) is 5.92 Å². The molecule has 172 valence electrons. The van der Waals surface area contributed by atoms with Gasteiger partial charge in [0, 0.05) is 19.6 Å². The molecule has 1 unspecified atom stereocenters. The van der Waals surface area contributed by atoms with E-state index in [1.54, 1.807) is 12.1 Å². The van der Waals surface area contributed by atoms with Crippen molar-refractivity contribution in [2.75, 3.05) is 33.4 Å². The van der Waals surface area contributed by atoms with Gasteiger partial charge in [0.2, 0.25) is 10.0 Å². The van der Waals surface area contributed by atoms with Crippen molar-refractivity contribution in [1.29, 1.82) is 0 Å². The van der Waals surface area contributed by atoms with Crippen molar-refractivity contribution in [2.45, 2.75) is 24.2 Å². The Kier molecular flexibility index (Phi) is 8.24. The Hall–Kier alpha value is -2.91. The number of benzene rings is 2. The van der Waals surface area contributed by atoms with E-state index < -0.39 is 21.9 Å². The van der Waals surface area contributed by atoms with Gasteiger partial charge < -0.3 is 14.8 Å². The van der Waals surface area contributed by atoms with Gasteiger partial charge in [-0.05, 0) is 49.1 Å². The second kappa shape index (κ2) is 11.1. The number of esters is 1. The second-order valence-corrected chi connectivity index (χ2v) is 9.51. The van der Waals surface area contributed by atoms with Crippen LogP contribution in [0.25, 0.3) is 0 Å². The summed E-state index contributed by atoms with van der Waals surface area (Å²) in [5.41, 5.74) is 1.10. The van der Waals surface area contributed by atoms with Crippen molar-refractivity contribution in [1.82, 2.24) is 9.62 Å². The van der Waals surface area contributed by atoms with Gasteiger partial charge in [0.25, 0.3) is 5.91 Å². The van der Waals surface area contributed by atoms with Crippen LogP contribution in [0.1, 0.15) is 18.4 Å². The fraction of sp³-hybridized carbons (Fsp3) is 0.391. The smallest absolute Gasteiger partial charge is 0.310 e. The zero-order valence-corrected chi connectivity index (χ0v) is 18.8. The minimum absolute atomic E-state index is 0.0306. The van der Waals surface area contributed by atoms with Crippen LogP contribution in [0.4, 0.5) is 0 Å². The average Bonchev–Trinajstić information content (AvgIpc) is 2.83. The number of rotatable bonds is 9. The summed E-state index contributed by atoms with van der Waals surface area (Å²) in [6.45, 7) is 0.425. The van der Waals surface area contributed by atoms with Gasteiger partial charge in [0.1, 0.15) is 5.75 Å². The van der Waals surface area contributed by atoms with E-state index in [4.69, 9.17) is 9.47 Å². The molecule has 0 aliphatic carbocycles. The summed E-state index contributed by atoms with van der Waals surface area (Å²) in [6, 6.07) is 15.9. The maximum absolute atomic E-state index is 12.9. The fourth-order valence-corrected chi connectivity index (χ4v) is 5.07. The maximum Gasteiger partial charge on any atom is 0.310 e. The molecule has 32 heavy (non-hydrogen) atoms. The van der Waals surface area contributed by atoms with E-state index in [0.717, 1.165) is 5.56 Å². The number of methoxy groups -OCH3 is 1. The normalized spacial score (nSPS) is 16.8. The second-order valence-electron chi connectivity index (χ2n) is 7.57. The van der Waals surface area contributed by atoms with Gasteiger partial charge >= 0.3 is 5.97 Å². The highest BCUT2D eigenvalue weighted by Gasteiger charge is 2.34. The zero-order valence-electron chi connectivity index (χ0n) is 18.0. The highest BCUT2D eigenvalue weighted by atomic mass is 32.2. The molecule has 2 aromatic rings. The van der Waals surface area contributed by atoms with Gasteiger partial charge in [-0.25, -0.2) is 8.42 Å². The van der Waals surface area contributed by atoms with Crippen LogP contribution in [0.15, 0.2) is 59.5 Å². The predicted molar refractivity (Wildman–Crippen MR) is 119 cm³/mol. The molecule has 1 saturated heterocycles. The number of ether oxygens (including phenoxy) is 2. The number of piperidine rings is 1. The first-order valence-corrected chi connectivity index (χ1v) is 12.0. The lowest BCUT2D eigenvalue weighted by molar-refractivity contribution is -0.153. The molecule has 0 saturated carbocycles. The van der Waals surface area contributed by atoms with Crippen molar-refractivity contribution >= 4 is 21.9 Å². The first kappa shape index (κ1) is 23.7. The van der Waals surface area contributed by atoms with Gasteiger partial charge in [-0.3, -0.25) is 9.59 Å². The van der Waals surface area contributed by atoms with Crippen LogP contribution >= 0.6 is 0 Å². The Bertz CT molecular complexity index is 1010. The number of nitrogens with zero attached hydrogens (tertiary/aromatic N) is 1. The Balaban J connectivity index is 1.47. The predicted octanol–water partition coefficient (Wildman–Crippen LogP) is 2.00. The first-order valence-electron chi connectivity index (χ1n) is 10.5. The average molecular weight is 461 g/mol. The van der Waals surface area contributed by atoms with Crippen LogP contribution in [0.5, 0.6) is 5.75 Å². The van der Waals surface area contributed by atoms with E-state index in [9.17, 15) is 18.0 Å². The minimum Gasteiger partial charge on any atom is -0.497 e. The first-order chi connectivity index (χ1) is 15.4. The molecule has 0 spiro atoms. The van der Waals surface area contributed by atoms with Crippen molar-refractivity contribution < 1.29 is 27.5 Å². The van der Waals surface area contributed by atoms with Crippen LogP contribution in [-0.4, -0.2) is 58.0 Å². The molecule has 1 amide bonds. The van der Waals surface area contributed by atoms with Gasteiger partial charge in [-0.15, -0.1) is 0 Å². The molecule has 1 atom stereocenters. The monoisotopic (exact) mass is 460 g/mol. The van der Waals surface area contributed by atoms with Crippen LogP contribution in [0.2, 0.25) is 0 Å². The molecule has 9 heteroatoms. The van der Waals surface area contributed by atoms with Crippen molar-refractivity contribution in [3.8, 4) is 5.75 Å². The lowest BCUT2D eigenvalue weighted by Gasteiger charge is -2.30. The van der Waals surface area contributed by atoms with Crippen molar-refractivity contribution in [3.05, 3.63) is 60.2 Å². The summed E-state index contributed by atoms with van der Waals surface area (Å²) in [7, 11) is -2.22. The molecule has 3 rings (SSSR count). The summed E-state index contributed by atoms with van der Waals surface area (Å²) >= 11 is 0. The summed E-state index contributed by atoms with van der Waals surface area (Å²) in [5, 5.41) is 2.72. The molecular formula is C23H28N2O6S. The largest absolute Gasteiger partial charge is 0.497 e. The number of sulfonamides is 1. The lowest BCUT2D eigenvalue weighted by Crippen LogP contribution is -2.43. The van der Waals surface area contributed by atoms with Gasteiger partial charge in [0.15, 0.2) is 6.61 Å². The van der Waals surface area contributed by atoms with Crippen molar-refractivity contribution in [3.63, 3.8) is 0 Å². The molecule has 8 nitrogen and oxygen atoms in total.